The molecule has 0 saturated heterocycles. The van der Waals surface area contributed by atoms with Gasteiger partial charge in [-0.2, -0.15) is 0 Å². The van der Waals surface area contributed by atoms with Gasteiger partial charge < -0.3 is 9.80 Å². The Labute approximate surface area is 219 Å². The molecule has 2 aromatic carbocycles. The number of nitrogens with zero attached hydrogens (tertiary/aromatic N) is 3. The Kier molecular flexibility index (Phi) is 8.66. The summed E-state index contributed by atoms with van der Waals surface area (Å²) in [6, 6.07) is 14.3. The number of aryl methyl sites for hydroxylation is 1. The summed E-state index contributed by atoms with van der Waals surface area (Å²) in [4.78, 5) is 42.7. The molecule has 3 aromatic rings. The van der Waals surface area contributed by atoms with Gasteiger partial charge in [0.25, 0.3) is 11.6 Å². The molecule has 0 atom stereocenters. The minimum atomic E-state index is -0.492. The zero-order valence-electron chi connectivity index (χ0n) is 20.8. The van der Waals surface area contributed by atoms with Gasteiger partial charge in [0.1, 0.15) is 12.4 Å². The molecule has 1 aromatic heterocycles. The molecule has 0 radical (unpaired) electrons. The quantitative estimate of drug-likeness (QED) is 0.250. The van der Waals surface area contributed by atoms with Crippen LogP contribution >= 0.6 is 11.3 Å². The molecule has 0 aliphatic heterocycles. The monoisotopic (exact) mass is 523 g/mol. The lowest BCUT2D eigenvalue weighted by Crippen LogP contribution is -2.48. The van der Waals surface area contributed by atoms with Crippen molar-refractivity contribution in [2.75, 3.05) is 6.54 Å². The average molecular weight is 524 g/mol. The third-order valence-corrected chi connectivity index (χ3v) is 7.66. The predicted molar refractivity (Wildman–Crippen MR) is 141 cm³/mol. The van der Waals surface area contributed by atoms with Crippen LogP contribution in [0.1, 0.15) is 58.5 Å². The lowest BCUT2D eigenvalue weighted by Gasteiger charge is -2.35. The molecule has 1 heterocycles. The van der Waals surface area contributed by atoms with Gasteiger partial charge in [0, 0.05) is 34.7 Å². The van der Waals surface area contributed by atoms with E-state index >= 15 is 0 Å². The highest BCUT2D eigenvalue weighted by Gasteiger charge is 2.31. The molecular weight excluding hydrogens is 493 g/mol. The highest BCUT2D eigenvalue weighted by Crippen LogP contribution is 2.27. The molecule has 4 rings (SSSR count). The number of carbonyl (C=O) groups is 2. The SMILES string of the molecule is Cc1ccc(C(=O)N(CC(=O)N(Cc2ccc(F)cc2)Cc2cccs2)C2CCCCC2)cc1[N+](=O)[O-]. The molecule has 7 nitrogen and oxygen atoms in total. The second-order valence-electron chi connectivity index (χ2n) is 9.44. The lowest BCUT2D eigenvalue weighted by molar-refractivity contribution is -0.385. The van der Waals surface area contributed by atoms with Gasteiger partial charge in [0.2, 0.25) is 5.91 Å². The molecule has 0 bridgehead atoms. The number of benzene rings is 2. The Balaban J connectivity index is 1.61. The largest absolute Gasteiger partial charge is 0.332 e. The van der Waals surface area contributed by atoms with Crippen LogP contribution in [0.4, 0.5) is 10.1 Å². The topological polar surface area (TPSA) is 83.8 Å². The number of hydrogen-bond donors (Lipinski definition) is 0. The molecule has 0 unspecified atom stereocenters. The van der Waals surface area contributed by atoms with E-state index in [-0.39, 0.29) is 48.0 Å². The van der Waals surface area contributed by atoms with E-state index in [0.717, 1.165) is 42.5 Å². The van der Waals surface area contributed by atoms with Gasteiger partial charge in [-0.25, -0.2) is 4.39 Å². The normalized spacial score (nSPS) is 13.8. The summed E-state index contributed by atoms with van der Waals surface area (Å²) in [5.41, 5.74) is 1.36. The molecule has 9 heteroatoms. The van der Waals surface area contributed by atoms with E-state index < -0.39 is 4.92 Å². The van der Waals surface area contributed by atoms with E-state index in [0.29, 0.717) is 12.1 Å². The molecule has 1 aliphatic carbocycles. The Hall–Kier alpha value is -3.59. The first-order chi connectivity index (χ1) is 17.8. The van der Waals surface area contributed by atoms with Gasteiger partial charge >= 0.3 is 0 Å². The van der Waals surface area contributed by atoms with E-state index in [1.165, 1.54) is 29.5 Å². The van der Waals surface area contributed by atoms with Crippen molar-refractivity contribution in [3.05, 3.63) is 97.5 Å². The van der Waals surface area contributed by atoms with Crippen LogP contribution in [0.15, 0.2) is 60.0 Å². The van der Waals surface area contributed by atoms with Crippen molar-refractivity contribution in [1.29, 1.82) is 0 Å². The van der Waals surface area contributed by atoms with Crippen LogP contribution < -0.4 is 0 Å². The first-order valence-electron chi connectivity index (χ1n) is 12.4. The van der Waals surface area contributed by atoms with Gasteiger partial charge in [0.05, 0.1) is 11.5 Å². The molecule has 194 valence electrons. The molecule has 0 N–H and O–H groups in total. The van der Waals surface area contributed by atoms with Gasteiger partial charge in [-0.05, 0) is 55.0 Å². The molecule has 37 heavy (non-hydrogen) atoms. The number of nitro groups is 1. The third kappa shape index (κ3) is 6.80. The molecular formula is C28H30FN3O4S. The Morgan fingerprint density at radius 1 is 1.05 bits per heavy atom. The van der Waals surface area contributed by atoms with E-state index in [1.807, 2.05) is 17.5 Å². The average Bonchev–Trinajstić information content (AvgIpc) is 3.41. The fraction of sp³-hybridized carbons (Fsp3) is 0.357. The van der Waals surface area contributed by atoms with Crippen molar-refractivity contribution in [3.63, 3.8) is 0 Å². The molecule has 1 fully saturated rings. The molecule has 1 saturated carbocycles. The van der Waals surface area contributed by atoms with Gasteiger partial charge in [-0.3, -0.25) is 19.7 Å². The minimum Gasteiger partial charge on any atom is -0.332 e. The van der Waals surface area contributed by atoms with Crippen molar-refractivity contribution in [2.45, 2.75) is 58.2 Å². The highest BCUT2D eigenvalue weighted by atomic mass is 32.1. The molecule has 1 aliphatic rings. The first kappa shape index (κ1) is 26.5. The van der Waals surface area contributed by atoms with E-state index in [9.17, 15) is 24.1 Å². The maximum atomic E-state index is 13.7. The smallest absolute Gasteiger partial charge is 0.273 e. The van der Waals surface area contributed by atoms with Crippen molar-refractivity contribution in [3.8, 4) is 0 Å². The summed E-state index contributed by atoms with van der Waals surface area (Å²) in [5.74, 6) is -0.944. The number of rotatable bonds is 9. The van der Waals surface area contributed by atoms with Crippen molar-refractivity contribution >= 4 is 28.8 Å². The highest BCUT2D eigenvalue weighted by molar-refractivity contribution is 7.09. The lowest BCUT2D eigenvalue weighted by atomic mass is 9.93. The third-order valence-electron chi connectivity index (χ3n) is 6.80. The van der Waals surface area contributed by atoms with Crippen LogP contribution in [-0.2, 0) is 17.9 Å². The van der Waals surface area contributed by atoms with E-state index in [2.05, 4.69) is 0 Å². The summed E-state index contributed by atoms with van der Waals surface area (Å²) >= 11 is 1.54. The zero-order chi connectivity index (χ0) is 26.4. The number of thiophene rings is 1. The molecule has 0 spiro atoms. The maximum Gasteiger partial charge on any atom is 0.273 e. The first-order valence-corrected chi connectivity index (χ1v) is 13.3. The standard InChI is InChI=1S/C28H30FN3O4S/c1-20-9-12-22(16-26(20)32(35)36)28(34)31(24-6-3-2-4-7-24)19-27(33)30(18-25-8-5-15-37-25)17-21-10-13-23(29)14-11-21/h5,8-16,24H,2-4,6-7,17-19H2,1H3. The van der Waals surface area contributed by atoms with Crippen LogP contribution in [0.5, 0.6) is 0 Å². The second kappa shape index (κ2) is 12.1. The van der Waals surface area contributed by atoms with Crippen LogP contribution in [0.3, 0.4) is 0 Å². The van der Waals surface area contributed by atoms with E-state index in [1.54, 1.807) is 41.0 Å². The fourth-order valence-corrected chi connectivity index (χ4v) is 5.46. The van der Waals surface area contributed by atoms with Gasteiger partial charge in [-0.15, -0.1) is 11.3 Å². The van der Waals surface area contributed by atoms with Crippen molar-refractivity contribution in [2.24, 2.45) is 0 Å². The van der Waals surface area contributed by atoms with Crippen molar-refractivity contribution in [1.82, 2.24) is 9.80 Å². The number of hydrogen-bond acceptors (Lipinski definition) is 5. The van der Waals surface area contributed by atoms with Crippen LogP contribution in [0.2, 0.25) is 0 Å². The Bertz CT molecular complexity index is 1240. The zero-order valence-corrected chi connectivity index (χ0v) is 21.6. The summed E-state index contributed by atoms with van der Waals surface area (Å²) in [5, 5.41) is 13.4. The number of halogens is 1. The number of amides is 2. The van der Waals surface area contributed by atoms with Crippen LogP contribution in [-0.4, -0.2) is 39.1 Å². The maximum absolute atomic E-state index is 13.7. The number of nitro benzene ring substituents is 1. The van der Waals surface area contributed by atoms with Crippen molar-refractivity contribution < 1.29 is 18.9 Å². The van der Waals surface area contributed by atoms with Gasteiger partial charge in [-0.1, -0.05) is 43.5 Å². The second-order valence-corrected chi connectivity index (χ2v) is 10.5. The summed E-state index contributed by atoms with van der Waals surface area (Å²) < 4.78 is 13.5. The Morgan fingerprint density at radius 2 is 1.78 bits per heavy atom. The summed E-state index contributed by atoms with van der Waals surface area (Å²) in [7, 11) is 0. The predicted octanol–water partition coefficient (Wildman–Crippen LogP) is 6.11. The summed E-state index contributed by atoms with van der Waals surface area (Å²) in [6.07, 6.45) is 4.58. The fourth-order valence-electron chi connectivity index (χ4n) is 4.74. The Morgan fingerprint density at radius 3 is 2.43 bits per heavy atom. The summed E-state index contributed by atoms with van der Waals surface area (Å²) in [6.45, 7) is 2.15. The van der Waals surface area contributed by atoms with E-state index in [4.69, 9.17) is 0 Å². The van der Waals surface area contributed by atoms with Crippen LogP contribution in [0.25, 0.3) is 0 Å². The van der Waals surface area contributed by atoms with Gasteiger partial charge in [0.15, 0.2) is 0 Å². The minimum absolute atomic E-state index is 0.111. The van der Waals surface area contributed by atoms with Crippen LogP contribution in [0, 0.1) is 22.9 Å². The number of carbonyl (C=O) groups excluding carboxylic acids is 2. The molecule has 2 amide bonds.